The molecule has 0 radical (unpaired) electrons. The van der Waals surface area contributed by atoms with E-state index in [9.17, 15) is 5.11 Å². The van der Waals surface area contributed by atoms with Crippen LogP contribution in [0.1, 0.15) is 103 Å². The molecule has 7 nitrogen and oxygen atoms in total. The molecule has 250 valence electrons. The van der Waals surface area contributed by atoms with Crippen molar-refractivity contribution in [2.45, 2.75) is 145 Å². The van der Waals surface area contributed by atoms with Gasteiger partial charge in [-0.25, -0.2) is 0 Å². The first-order chi connectivity index (χ1) is 21.7. The smallest absolute Gasteiger partial charge is 0.104 e. The maximum atomic E-state index is 11.4. The van der Waals surface area contributed by atoms with Crippen LogP contribution in [0.4, 0.5) is 0 Å². The summed E-state index contributed by atoms with van der Waals surface area (Å²) in [6.45, 7) is 4.08. The molecule has 0 amide bonds. The Balaban J connectivity index is 0.907. The van der Waals surface area contributed by atoms with Gasteiger partial charge in [-0.2, -0.15) is 0 Å². The molecule has 8 rings (SSSR count). The largest absolute Gasteiger partial charge is 0.388 e. The Morgan fingerprint density at radius 3 is 0.932 bits per heavy atom. The second-order valence-electron chi connectivity index (χ2n) is 16.2. The molecule has 2 aliphatic heterocycles. The minimum absolute atomic E-state index is 0.255. The summed E-state index contributed by atoms with van der Waals surface area (Å²) in [6.07, 6.45) is 21.8. The summed E-state index contributed by atoms with van der Waals surface area (Å²) in [6, 6.07) is 0. The molecule has 0 spiro atoms. The first-order valence-electron chi connectivity index (χ1n) is 19.1. The molecule has 44 heavy (non-hydrogen) atoms. The Morgan fingerprint density at radius 2 is 0.682 bits per heavy atom. The number of fused-ring (bicyclic) bond motifs is 4. The van der Waals surface area contributed by atoms with Crippen LogP contribution in [0.2, 0.25) is 0 Å². The van der Waals surface area contributed by atoms with Crippen LogP contribution in [-0.4, -0.2) is 87.5 Å². The van der Waals surface area contributed by atoms with Gasteiger partial charge in [0.1, 0.15) is 18.3 Å². The number of hydrogen-bond acceptors (Lipinski definition) is 7. The van der Waals surface area contributed by atoms with Crippen molar-refractivity contribution in [2.75, 3.05) is 39.6 Å². The van der Waals surface area contributed by atoms with E-state index < -0.39 is 6.10 Å². The average Bonchev–Trinajstić information content (AvgIpc) is 4.00. The molecule has 2 saturated heterocycles. The van der Waals surface area contributed by atoms with E-state index in [4.69, 9.17) is 28.4 Å². The summed E-state index contributed by atoms with van der Waals surface area (Å²) in [5, 5.41) is 11.4. The third kappa shape index (κ3) is 6.69. The summed E-state index contributed by atoms with van der Waals surface area (Å²) in [5.41, 5.74) is 0. The molecule has 8 aliphatic rings. The van der Waals surface area contributed by atoms with Gasteiger partial charge in [-0.3, -0.25) is 0 Å². The van der Waals surface area contributed by atoms with E-state index >= 15 is 0 Å². The van der Waals surface area contributed by atoms with Gasteiger partial charge >= 0.3 is 0 Å². The lowest BCUT2D eigenvalue weighted by Crippen LogP contribution is -2.57. The molecular formula is C37H60O7. The number of rotatable bonds is 12. The summed E-state index contributed by atoms with van der Waals surface area (Å²) in [7, 11) is 0. The van der Waals surface area contributed by atoms with Crippen LogP contribution >= 0.6 is 0 Å². The summed E-state index contributed by atoms with van der Waals surface area (Å²) in [4.78, 5) is 0. The Hall–Kier alpha value is -0.280. The molecule has 8 fully saturated rings. The molecular weight excluding hydrogens is 556 g/mol. The highest BCUT2D eigenvalue weighted by Gasteiger charge is 2.54. The normalized spacial score (nSPS) is 48.8. The van der Waals surface area contributed by atoms with Crippen molar-refractivity contribution in [2.24, 2.45) is 47.3 Å². The number of hydrogen-bond donors (Lipinski definition) is 1. The van der Waals surface area contributed by atoms with Crippen molar-refractivity contribution in [3.8, 4) is 0 Å². The topological polar surface area (TPSA) is 82.2 Å². The van der Waals surface area contributed by atoms with Crippen LogP contribution < -0.4 is 0 Å². The van der Waals surface area contributed by atoms with Crippen LogP contribution in [0.5, 0.6) is 0 Å². The molecule has 10 unspecified atom stereocenters. The van der Waals surface area contributed by atoms with E-state index in [2.05, 4.69) is 0 Å². The SMILES string of the molecule is OC(COC1C2CCCCC2C(OCC2CO2)C2CCCCC21)COC1C2CCCCC2C(OCC2CO2)C2CCCCC21. The van der Waals surface area contributed by atoms with Crippen LogP contribution in [0.3, 0.4) is 0 Å². The number of aliphatic hydroxyl groups excluding tert-OH is 1. The van der Waals surface area contributed by atoms with Gasteiger partial charge in [-0.1, -0.05) is 51.4 Å². The highest BCUT2D eigenvalue weighted by Crippen LogP contribution is 2.54. The van der Waals surface area contributed by atoms with Gasteiger partial charge in [0.15, 0.2) is 0 Å². The van der Waals surface area contributed by atoms with E-state index in [-0.39, 0.29) is 12.2 Å². The molecule has 10 atom stereocenters. The molecule has 1 N–H and O–H groups in total. The Morgan fingerprint density at radius 1 is 0.432 bits per heavy atom. The van der Waals surface area contributed by atoms with Crippen molar-refractivity contribution in [1.29, 1.82) is 0 Å². The van der Waals surface area contributed by atoms with Gasteiger partial charge < -0.3 is 33.5 Å². The Labute approximate surface area is 265 Å². The molecule has 0 aromatic carbocycles. The fraction of sp³-hybridized carbons (Fsp3) is 1.00. The maximum Gasteiger partial charge on any atom is 0.104 e. The predicted molar refractivity (Wildman–Crippen MR) is 166 cm³/mol. The van der Waals surface area contributed by atoms with Crippen molar-refractivity contribution in [3.05, 3.63) is 0 Å². The van der Waals surface area contributed by atoms with Gasteiger partial charge in [-0.15, -0.1) is 0 Å². The summed E-state index contributed by atoms with van der Waals surface area (Å²) < 4.78 is 38.1. The van der Waals surface area contributed by atoms with Gasteiger partial charge in [-0.05, 0) is 98.7 Å². The zero-order chi connectivity index (χ0) is 29.5. The third-order valence-electron chi connectivity index (χ3n) is 13.6. The average molecular weight is 617 g/mol. The molecule has 0 bridgehead atoms. The second kappa shape index (κ2) is 14.1. The predicted octanol–water partition coefficient (Wildman–Crippen LogP) is 5.94. The van der Waals surface area contributed by atoms with E-state index in [1.54, 1.807) is 0 Å². The monoisotopic (exact) mass is 616 g/mol. The molecule has 0 aromatic heterocycles. The molecule has 6 saturated carbocycles. The van der Waals surface area contributed by atoms with Crippen LogP contribution in [-0.2, 0) is 28.4 Å². The van der Waals surface area contributed by atoms with Gasteiger partial charge in [0, 0.05) is 0 Å². The van der Waals surface area contributed by atoms with E-state index in [1.807, 2.05) is 0 Å². The first kappa shape index (κ1) is 31.0. The minimum Gasteiger partial charge on any atom is -0.388 e. The van der Waals surface area contributed by atoms with Gasteiger partial charge in [0.2, 0.25) is 0 Å². The molecule has 2 heterocycles. The highest BCUT2D eigenvalue weighted by molar-refractivity contribution is 5.03. The van der Waals surface area contributed by atoms with E-state index in [0.29, 0.717) is 85.0 Å². The fourth-order valence-electron chi connectivity index (χ4n) is 11.5. The van der Waals surface area contributed by atoms with Crippen LogP contribution in [0, 0.1) is 47.3 Å². The molecule has 6 aliphatic carbocycles. The lowest BCUT2D eigenvalue weighted by atomic mass is 9.56. The minimum atomic E-state index is -0.565. The van der Waals surface area contributed by atoms with Crippen molar-refractivity contribution >= 4 is 0 Å². The number of aliphatic hydroxyl groups is 1. The Kier molecular flexibility index (Phi) is 9.91. The quantitative estimate of drug-likeness (QED) is 0.272. The van der Waals surface area contributed by atoms with Crippen molar-refractivity contribution < 1.29 is 33.5 Å². The lowest BCUT2D eigenvalue weighted by molar-refractivity contribution is -0.202. The molecule has 7 heteroatoms. The van der Waals surface area contributed by atoms with Crippen LogP contribution in [0.25, 0.3) is 0 Å². The van der Waals surface area contributed by atoms with E-state index in [0.717, 1.165) is 26.4 Å². The number of epoxide rings is 2. The summed E-state index contributed by atoms with van der Waals surface area (Å²) >= 11 is 0. The van der Waals surface area contributed by atoms with Crippen molar-refractivity contribution in [1.82, 2.24) is 0 Å². The van der Waals surface area contributed by atoms with Gasteiger partial charge in [0.25, 0.3) is 0 Å². The van der Waals surface area contributed by atoms with Crippen LogP contribution in [0.15, 0.2) is 0 Å². The first-order valence-corrected chi connectivity index (χ1v) is 19.1. The Bertz CT molecular complexity index is 804. The zero-order valence-corrected chi connectivity index (χ0v) is 27.1. The van der Waals surface area contributed by atoms with Gasteiger partial charge in [0.05, 0.1) is 64.1 Å². The zero-order valence-electron chi connectivity index (χ0n) is 27.1. The standard InChI is InChI=1S/C37H60O7/c38-23(17-41-34-26-9-1-5-13-30(26)36(43-21-24-19-39-24)31-14-6-2-10-27(31)34)18-42-35-28-11-3-7-15-32(28)37(44-22-25-20-40-25)33-16-8-4-12-29(33)35/h23-38H,1-22H2. The number of ether oxygens (including phenoxy) is 6. The second-order valence-corrected chi connectivity index (χ2v) is 16.2. The maximum absolute atomic E-state index is 11.4. The molecule has 0 aromatic rings. The van der Waals surface area contributed by atoms with E-state index in [1.165, 1.54) is 103 Å². The lowest BCUT2D eigenvalue weighted by Gasteiger charge is -2.55. The van der Waals surface area contributed by atoms with Crippen molar-refractivity contribution in [3.63, 3.8) is 0 Å². The fourth-order valence-corrected chi connectivity index (χ4v) is 11.5. The summed E-state index contributed by atoms with van der Waals surface area (Å²) in [5.74, 6) is 4.61. The highest BCUT2D eigenvalue weighted by atomic mass is 16.6. The third-order valence-corrected chi connectivity index (χ3v) is 13.6.